The molecule has 7 heteroatoms. The van der Waals surface area contributed by atoms with Gasteiger partial charge in [-0.1, -0.05) is 13.8 Å². The number of nitrogens with one attached hydrogen (secondary N) is 1. The molecule has 0 bridgehead atoms. The summed E-state index contributed by atoms with van der Waals surface area (Å²) in [4.78, 5) is 21.6. The Morgan fingerprint density at radius 3 is 2.95 bits per heavy atom. The number of carbonyl (C=O) groups is 1. The van der Waals surface area contributed by atoms with E-state index in [1.807, 2.05) is 20.9 Å². The predicted octanol–water partition coefficient (Wildman–Crippen LogP) is 3.20. The number of halogens is 2. The standard InChI is InChI=1S/C13H20BrClN4O/c1-4-9(2)12(20)19(3)7-5-6-16-11-10(14)8-17-13(15)18-11/h8-9H,4-7H2,1-3H3,(H,16,17,18). The van der Waals surface area contributed by atoms with Gasteiger partial charge >= 0.3 is 0 Å². The van der Waals surface area contributed by atoms with Crippen LogP contribution >= 0.6 is 27.5 Å². The molecule has 0 aliphatic carbocycles. The van der Waals surface area contributed by atoms with E-state index in [2.05, 4.69) is 31.2 Å². The summed E-state index contributed by atoms with van der Waals surface area (Å²) < 4.78 is 0.769. The van der Waals surface area contributed by atoms with Crippen LogP contribution in [0.1, 0.15) is 26.7 Å². The van der Waals surface area contributed by atoms with Crippen LogP contribution in [0.5, 0.6) is 0 Å². The third kappa shape index (κ3) is 5.25. The molecular formula is C13H20BrClN4O. The van der Waals surface area contributed by atoms with Crippen LogP contribution in [0.3, 0.4) is 0 Å². The second kappa shape index (κ2) is 8.42. The molecule has 0 radical (unpaired) electrons. The first-order chi connectivity index (χ1) is 9.45. The van der Waals surface area contributed by atoms with Crippen LogP contribution in [-0.2, 0) is 4.79 Å². The molecule has 0 fully saturated rings. The summed E-state index contributed by atoms with van der Waals surface area (Å²) >= 11 is 9.09. The van der Waals surface area contributed by atoms with Gasteiger partial charge in [-0.05, 0) is 40.4 Å². The summed E-state index contributed by atoms with van der Waals surface area (Å²) in [6.45, 7) is 5.40. The number of hydrogen-bond acceptors (Lipinski definition) is 4. The smallest absolute Gasteiger partial charge is 0.225 e. The van der Waals surface area contributed by atoms with E-state index in [9.17, 15) is 4.79 Å². The molecule has 0 saturated heterocycles. The van der Waals surface area contributed by atoms with Crippen molar-refractivity contribution in [3.63, 3.8) is 0 Å². The fraction of sp³-hybridized carbons (Fsp3) is 0.615. The van der Waals surface area contributed by atoms with Crippen LogP contribution in [-0.4, -0.2) is 40.9 Å². The van der Waals surface area contributed by atoms with E-state index in [1.165, 1.54) is 0 Å². The van der Waals surface area contributed by atoms with Crippen LogP contribution in [0.15, 0.2) is 10.7 Å². The highest BCUT2D eigenvalue weighted by Crippen LogP contribution is 2.19. The van der Waals surface area contributed by atoms with Gasteiger partial charge in [-0.25, -0.2) is 4.98 Å². The quantitative estimate of drug-likeness (QED) is 0.597. The van der Waals surface area contributed by atoms with Gasteiger partial charge in [0.05, 0.1) is 4.47 Å². The average molecular weight is 364 g/mol. The topological polar surface area (TPSA) is 58.1 Å². The minimum absolute atomic E-state index is 0.0859. The lowest BCUT2D eigenvalue weighted by atomic mass is 10.1. The summed E-state index contributed by atoms with van der Waals surface area (Å²) in [5, 5.41) is 3.38. The van der Waals surface area contributed by atoms with Gasteiger partial charge in [-0.15, -0.1) is 0 Å². The number of rotatable bonds is 7. The third-order valence-electron chi connectivity index (χ3n) is 3.09. The highest BCUT2D eigenvalue weighted by Gasteiger charge is 2.14. The molecule has 5 nitrogen and oxygen atoms in total. The van der Waals surface area contributed by atoms with Crippen LogP contribution in [0.4, 0.5) is 5.82 Å². The van der Waals surface area contributed by atoms with Gasteiger partial charge in [0.1, 0.15) is 5.82 Å². The molecule has 112 valence electrons. The first kappa shape index (κ1) is 17.2. The van der Waals surface area contributed by atoms with Crippen LogP contribution in [0.25, 0.3) is 0 Å². The first-order valence-electron chi connectivity index (χ1n) is 6.62. The highest BCUT2D eigenvalue weighted by atomic mass is 79.9. The Balaban J connectivity index is 2.35. The molecular weight excluding hydrogens is 344 g/mol. The summed E-state index contributed by atoms with van der Waals surface area (Å²) in [6.07, 6.45) is 3.32. The van der Waals surface area contributed by atoms with E-state index in [0.717, 1.165) is 17.3 Å². The fourth-order valence-corrected chi connectivity index (χ4v) is 2.12. The maximum Gasteiger partial charge on any atom is 0.225 e. The Morgan fingerprint density at radius 1 is 1.60 bits per heavy atom. The van der Waals surface area contributed by atoms with Crippen molar-refractivity contribution < 1.29 is 4.79 Å². The van der Waals surface area contributed by atoms with Crippen molar-refractivity contribution in [2.45, 2.75) is 26.7 Å². The molecule has 1 unspecified atom stereocenters. The van der Waals surface area contributed by atoms with Crippen molar-refractivity contribution in [3.05, 3.63) is 16.0 Å². The molecule has 1 N–H and O–H groups in total. The lowest BCUT2D eigenvalue weighted by Crippen LogP contribution is -2.33. The summed E-state index contributed by atoms with van der Waals surface area (Å²) in [6, 6.07) is 0. The average Bonchev–Trinajstić information content (AvgIpc) is 2.45. The monoisotopic (exact) mass is 362 g/mol. The van der Waals surface area contributed by atoms with Crippen molar-refractivity contribution >= 4 is 39.3 Å². The van der Waals surface area contributed by atoms with E-state index in [0.29, 0.717) is 18.9 Å². The Morgan fingerprint density at radius 2 is 2.30 bits per heavy atom. The molecule has 1 amide bonds. The second-order valence-electron chi connectivity index (χ2n) is 4.68. The largest absolute Gasteiger partial charge is 0.369 e. The molecule has 1 rings (SSSR count). The number of aromatic nitrogens is 2. The zero-order chi connectivity index (χ0) is 15.1. The lowest BCUT2D eigenvalue weighted by molar-refractivity contribution is -0.133. The van der Waals surface area contributed by atoms with Crippen molar-refractivity contribution in [2.75, 3.05) is 25.5 Å². The molecule has 20 heavy (non-hydrogen) atoms. The van der Waals surface area contributed by atoms with Crippen molar-refractivity contribution in [1.82, 2.24) is 14.9 Å². The normalized spacial score (nSPS) is 12.1. The summed E-state index contributed by atoms with van der Waals surface area (Å²) in [7, 11) is 1.84. The molecule has 0 aromatic carbocycles. The minimum atomic E-state index is 0.0859. The first-order valence-corrected chi connectivity index (χ1v) is 7.79. The molecule has 1 atom stereocenters. The maximum atomic E-state index is 11.9. The Hall–Kier alpha value is -0.880. The van der Waals surface area contributed by atoms with E-state index in [1.54, 1.807) is 11.1 Å². The van der Waals surface area contributed by atoms with Gasteiger partial charge in [-0.2, -0.15) is 4.98 Å². The van der Waals surface area contributed by atoms with E-state index < -0.39 is 0 Å². The number of nitrogens with zero attached hydrogens (tertiary/aromatic N) is 3. The number of hydrogen-bond donors (Lipinski definition) is 1. The molecule has 0 saturated carbocycles. The number of amides is 1. The fourth-order valence-electron chi connectivity index (χ4n) is 1.65. The van der Waals surface area contributed by atoms with Crippen LogP contribution in [0.2, 0.25) is 5.28 Å². The molecule has 0 aliphatic rings. The summed E-state index contributed by atoms with van der Waals surface area (Å²) in [5.74, 6) is 0.947. The molecule has 1 aromatic rings. The number of anilines is 1. The van der Waals surface area contributed by atoms with Gasteiger partial charge < -0.3 is 10.2 Å². The number of carbonyl (C=O) groups excluding carboxylic acids is 1. The Kier molecular flexibility index (Phi) is 7.23. The lowest BCUT2D eigenvalue weighted by Gasteiger charge is -2.20. The van der Waals surface area contributed by atoms with Gasteiger partial charge in [-0.3, -0.25) is 4.79 Å². The van der Waals surface area contributed by atoms with E-state index in [4.69, 9.17) is 11.6 Å². The van der Waals surface area contributed by atoms with Crippen molar-refractivity contribution in [1.29, 1.82) is 0 Å². The molecule has 1 heterocycles. The van der Waals surface area contributed by atoms with Gasteiger partial charge in [0, 0.05) is 32.3 Å². The minimum Gasteiger partial charge on any atom is -0.369 e. The van der Waals surface area contributed by atoms with E-state index in [-0.39, 0.29) is 17.1 Å². The zero-order valence-electron chi connectivity index (χ0n) is 12.0. The maximum absolute atomic E-state index is 11.9. The van der Waals surface area contributed by atoms with Gasteiger partial charge in [0.15, 0.2) is 0 Å². The van der Waals surface area contributed by atoms with Gasteiger partial charge in [0.25, 0.3) is 0 Å². The molecule has 1 aromatic heterocycles. The van der Waals surface area contributed by atoms with Crippen LogP contribution in [0, 0.1) is 5.92 Å². The molecule has 0 aliphatic heterocycles. The molecule has 0 spiro atoms. The third-order valence-corrected chi connectivity index (χ3v) is 3.85. The Labute approximate surface area is 133 Å². The predicted molar refractivity (Wildman–Crippen MR) is 84.9 cm³/mol. The zero-order valence-corrected chi connectivity index (χ0v) is 14.3. The highest BCUT2D eigenvalue weighted by molar-refractivity contribution is 9.10. The van der Waals surface area contributed by atoms with E-state index >= 15 is 0 Å². The van der Waals surface area contributed by atoms with Crippen molar-refractivity contribution in [3.8, 4) is 0 Å². The summed E-state index contributed by atoms with van der Waals surface area (Å²) in [5.41, 5.74) is 0. The second-order valence-corrected chi connectivity index (χ2v) is 5.88. The van der Waals surface area contributed by atoms with Gasteiger partial charge in [0.2, 0.25) is 11.2 Å². The SMILES string of the molecule is CCC(C)C(=O)N(C)CCCNc1nc(Cl)ncc1Br. The van der Waals surface area contributed by atoms with Crippen LogP contribution < -0.4 is 5.32 Å². The Bertz CT molecular complexity index is 458. The van der Waals surface area contributed by atoms with Crippen molar-refractivity contribution in [2.24, 2.45) is 5.92 Å².